The SMILES string of the molecule is CCCNC(c1ccc(CC)s1)c1ccc(Br)cc1Br. The second-order valence-corrected chi connectivity index (χ2v) is 7.68. The van der Waals surface area contributed by atoms with Crippen molar-refractivity contribution >= 4 is 43.2 Å². The monoisotopic (exact) mass is 415 g/mol. The molecule has 1 atom stereocenters. The first-order valence-corrected chi connectivity index (χ1v) is 9.32. The van der Waals surface area contributed by atoms with E-state index in [0.29, 0.717) is 0 Å². The standard InChI is InChI=1S/C16H19Br2NS/c1-3-9-19-16(15-8-6-12(4-2)20-15)13-7-5-11(17)10-14(13)18/h5-8,10,16,19H,3-4,9H2,1-2H3. The molecule has 108 valence electrons. The second-order valence-electron chi connectivity index (χ2n) is 4.71. The van der Waals surface area contributed by atoms with Gasteiger partial charge < -0.3 is 5.32 Å². The van der Waals surface area contributed by atoms with Crippen LogP contribution in [0.3, 0.4) is 0 Å². The summed E-state index contributed by atoms with van der Waals surface area (Å²) in [6, 6.07) is 11.2. The average Bonchev–Trinajstić information content (AvgIpc) is 2.90. The van der Waals surface area contributed by atoms with Crippen molar-refractivity contribution in [3.05, 3.63) is 54.6 Å². The molecule has 2 rings (SSSR count). The molecule has 0 aliphatic rings. The summed E-state index contributed by atoms with van der Waals surface area (Å²) in [4.78, 5) is 2.83. The van der Waals surface area contributed by atoms with E-state index in [-0.39, 0.29) is 6.04 Å². The Bertz CT molecular complexity index is 565. The van der Waals surface area contributed by atoms with Gasteiger partial charge in [0.25, 0.3) is 0 Å². The fourth-order valence-corrected chi connectivity index (χ4v) is 4.45. The number of aryl methyl sites for hydroxylation is 1. The summed E-state index contributed by atoms with van der Waals surface area (Å²) in [6.07, 6.45) is 2.24. The molecule has 0 aliphatic carbocycles. The van der Waals surface area contributed by atoms with Gasteiger partial charge in [0.15, 0.2) is 0 Å². The Morgan fingerprint density at radius 3 is 2.55 bits per heavy atom. The van der Waals surface area contributed by atoms with Crippen LogP contribution in [0.4, 0.5) is 0 Å². The van der Waals surface area contributed by atoms with Crippen LogP contribution in [0.2, 0.25) is 0 Å². The summed E-state index contributed by atoms with van der Waals surface area (Å²) in [5.41, 5.74) is 1.30. The topological polar surface area (TPSA) is 12.0 Å². The third-order valence-corrected chi connectivity index (χ3v) is 5.66. The van der Waals surface area contributed by atoms with E-state index in [4.69, 9.17) is 0 Å². The number of halogens is 2. The van der Waals surface area contributed by atoms with Crippen LogP contribution in [-0.4, -0.2) is 6.54 Å². The molecular formula is C16H19Br2NS. The molecule has 0 amide bonds. The molecule has 0 saturated heterocycles. The molecule has 0 spiro atoms. The van der Waals surface area contributed by atoms with Crippen molar-refractivity contribution in [1.82, 2.24) is 5.32 Å². The molecular weight excluding hydrogens is 398 g/mol. The average molecular weight is 417 g/mol. The molecule has 1 aromatic heterocycles. The minimum atomic E-state index is 0.266. The summed E-state index contributed by atoms with van der Waals surface area (Å²) >= 11 is 9.12. The zero-order valence-electron chi connectivity index (χ0n) is 11.7. The van der Waals surface area contributed by atoms with Gasteiger partial charge in [0.2, 0.25) is 0 Å². The van der Waals surface area contributed by atoms with Crippen LogP contribution in [-0.2, 0) is 6.42 Å². The highest BCUT2D eigenvalue weighted by Gasteiger charge is 2.18. The second kappa shape index (κ2) is 7.74. The number of benzene rings is 1. The minimum Gasteiger partial charge on any atom is -0.306 e. The predicted octanol–water partition coefficient (Wildman–Crippen LogP) is 5.92. The van der Waals surface area contributed by atoms with Crippen molar-refractivity contribution < 1.29 is 0 Å². The molecule has 1 nitrogen and oxygen atoms in total. The number of rotatable bonds is 6. The third kappa shape index (κ3) is 3.94. The minimum absolute atomic E-state index is 0.266. The summed E-state index contributed by atoms with van der Waals surface area (Å²) < 4.78 is 2.25. The molecule has 20 heavy (non-hydrogen) atoms. The highest BCUT2D eigenvalue weighted by Crippen LogP contribution is 2.34. The van der Waals surface area contributed by atoms with Gasteiger partial charge in [0, 0.05) is 18.7 Å². The fraction of sp³-hybridized carbons (Fsp3) is 0.375. The summed E-state index contributed by atoms with van der Waals surface area (Å²) in [7, 11) is 0. The van der Waals surface area contributed by atoms with Crippen molar-refractivity contribution in [2.45, 2.75) is 32.7 Å². The van der Waals surface area contributed by atoms with Crippen molar-refractivity contribution in [3.8, 4) is 0 Å². The first-order valence-electron chi connectivity index (χ1n) is 6.92. The van der Waals surface area contributed by atoms with Gasteiger partial charge in [0.1, 0.15) is 0 Å². The van der Waals surface area contributed by atoms with Gasteiger partial charge in [0.05, 0.1) is 6.04 Å². The Hall–Kier alpha value is -0.160. The quantitative estimate of drug-likeness (QED) is 0.615. The smallest absolute Gasteiger partial charge is 0.0682 e. The Labute approximate surface area is 142 Å². The molecule has 0 radical (unpaired) electrons. The van der Waals surface area contributed by atoms with Crippen molar-refractivity contribution in [1.29, 1.82) is 0 Å². The van der Waals surface area contributed by atoms with Gasteiger partial charge >= 0.3 is 0 Å². The molecule has 0 aliphatic heterocycles. The Kier molecular flexibility index (Phi) is 6.27. The highest BCUT2D eigenvalue weighted by atomic mass is 79.9. The van der Waals surface area contributed by atoms with E-state index in [1.54, 1.807) is 0 Å². The van der Waals surface area contributed by atoms with Gasteiger partial charge in [-0.2, -0.15) is 0 Å². The largest absolute Gasteiger partial charge is 0.306 e. The Morgan fingerprint density at radius 1 is 1.15 bits per heavy atom. The van der Waals surface area contributed by atoms with Crippen LogP contribution in [0.25, 0.3) is 0 Å². The molecule has 1 aromatic carbocycles. The lowest BCUT2D eigenvalue weighted by Gasteiger charge is -2.19. The lowest BCUT2D eigenvalue weighted by Crippen LogP contribution is -2.22. The van der Waals surface area contributed by atoms with E-state index in [1.165, 1.54) is 15.3 Å². The Balaban J connectivity index is 2.35. The van der Waals surface area contributed by atoms with Crippen LogP contribution < -0.4 is 5.32 Å². The van der Waals surface area contributed by atoms with Gasteiger partial charge in [-0.15, -0.1) is 11.3 Å². The van der Waals surface area contributed by atoms with Gasteiger partial charge in [-0.25, -0.2) is 0 Å². The summed E-state index contributed by atoms with van der Waals surface area (Å²) in [5.74, 6) is 0. The lowest BCUT2D eigenvalue weighted by atomic mass is 10.1. The zero-order chi connectivity index (χ0) is 14.5. The van der Waals surface area contributed by atoms with Crippen LogP contribution >= 0.6 is 43.2 Å². The summed E-state index contributed by atoms with van der Waals surface area (Å²) in [6.45, 7) is 5.43. The molecule has 1 N–H and O–H groups in total. The van der Waals surface area contributed by atoms with Crippen molar-refractivity contribution in [2.24, 2.45) is 0 Å². The zero-order valence-corrected chi connectivity index (χ0v) is 15.7. The van der Waals surface area contributed by atoms with Crippen LogP contribution in [0.1, 0.15) is 41.6 Å². The molecule has 0 fully saturated rings. The van der Waals surface area contributed by atoms with E-state index in [1.807, 2.05) is 11.3 Å². The van der Waals surface area contributed by atoms with Crippen molar-refractivity contribution in [3.63, 3.8) is 0 Å². The van der Waals surface area contributed by atoms with E-state index in [0.717, 1.165) is 28.3 Å². The summed E-state index contributed by atoms with van der Waals surface area (Å²) in [5, 5.41) is 3.66. The normalized spacial score (nSPS) is 12.6. The van der Waals surface area contributed by atoms with Gasteiger partial charge in [-0.1, -0.05) is 51.8 Å². The number of nitrogens with one attached hydrogen (secondary N) is 1. The molecule has 0 saturated carbocycles. The maximum absolute atomic E-state index is 3.70. The maximum atomic E-state index is 3.70. The van der Waals surface area contributed by atoms with Crippen LogP contribution in [0.5, 0.6) is 0 Å². The van der Waals surface area contributed by atoms with E-state index in [2.05, 4.69) is 81.4 Å². The maximum Gasteiger partial charge on any atom is 0.0682 e. The number of hydrogen-bond acceptors (Lipinski definition) is 2. The van der Waals surface area contributed by atoms with Gasteiger partial charge in [-0.05, 0) is 49.2 Å². The predicted molar refractivity (Wildman–Crippen MR) is 95.7 cm³/mol. The highest BCUT2D eigenvalue weighted by molar-refractivity contribution is 9.11. The molecule has 1 heterocycles. The molecule has 1 unspecified atom stereocenters. The van der Waals surface area contributed by atoms with Gasteiger partial charge in [-0.3, -0.25) is 0 Å². The Morgan fingerprint density at radius 2 is 1.95 bits per heavy atom. The first kappa shape index (κ1) is 16.2. The van der Waals surface area contributed by atoms with Crippen molar-refractivity contribution in [2.75, 3.05) is 6.54 Å². The lowest BCUT2D eigenvalue weighted by molar-refractivity contribution is 0.604. The molecule has 2 aromatic rings. The number of thiophene rings is 1. The van der Waals surface area contributed by atoms with E-state index >= 15 is 0 Å². The fourth-order valence-electron chi connectivity index (χ4n) is 2.13. The van der Waals surface area contributed by atoms with Crippen LogP contribution in [0.15, 0.2) is 39.3 Å². The molecule has 0 bridgehead atoms. The first-order chi connectivity index (χ1) is 9.65. The molecule has 4 heteroatoms. The van der Waals surface area contributed by atoms with E-state index < -0.39 is 0 Å². The van der Waals surface area contributed by atoms with Crippen LogP contribution in [0, 0.1) is 0 Å². The number of hydrogen-bond donors (Lipinski definition) is 1. The third-order valence-electron chi connectivity index (χ3n) is 3.19. The van der Waals surface area contributed by atoms with E-state index in [9.17, 15) is 0 Å².